The van der Waals surface area contributed by atoms with Gasteiger partial charge in [-0.15, -0.1) is 0 Å². The third kappa shape index (κ3) is 2.96. The van der Waals surface area contributed by atoms with Gasteiger partial charge in [0.2, 0.25) is 0 Å². The number of methoxy groups -OCH3 is 1. The highest BCUT2D eigenvalue weighted by atomic mass is 19.1. The van der Waals surface area contributed by atoms with Gasteiger partial charge in [-0.3, -0.25) is 0 Å². The Morgan fingerprint density at radius 3 is 2.73 bits per heavy atom. The normalized spacial score (nSPS) is 13.6. The average molecular weight is 299 g/mol. The molecular formula is C18H18FNO2. The van der Waals surface area contributed by atoms with E-state index in [9.17, 15) is 9.18 Å². The van der Waals surface area contributed by atoms with Crippen LogP contribution in [0.4, 0.5) is 10.1 Å². The van der Waals surface area contributed by atoms with E-state index in [2.05, 4.69) is 4.90 Å². The zero-order valence-electron chi connectivity index (χ0n) is 12.5. The Morgan fingerprint density at radius 2 is 2.00 bits per heavy atom. The average Bonchev–Trinajstić information content (AvgIpc) is 2.55. The second kappa shape index (κ2) is 6.18. The van der Waals surface area contributed by atoms with Gasteiger partial charge in [0.25, 0.3) is 0 Å². The Morgan fingerprint density at radius 1 is 1.23 bits per heavy atom. The van der Waals surface area contributed by atoms with Crippen molar-refractivity contribution in [2.45, 2.75) is 19.4 Å². The number of anilines is 1. The highest BCUT2D eigenvalue weighted by Crippen LogP contribution is 2.29. The minimum absolute atomic E-state index is 0.178. The summed E-state index contributed by atoms with van der Waals surface area (Å²) >= 11 is 0. The lowest BCUT2D eigenvalue weighted by atomic mass is 10.0. The van der Waals surface area contributed by atoms with Crippen LogP contribution < -0.4 is 4.90 Å². The Labute approximate surface area is 129 Å². The molecule has 1 aliphatic rings. The van der Waals surface area contributed by atoms with E-state index < -0.39 is 0 Å². The second-order valence-electron chi connectivity index (χ2n) is 5.49. The van der Waals surface area contributed by atoms with Crippen LogP contribution in [0.1, 0.15) is 27.9 Å². The summed E-state index contributed by atoms with van der Waals surface area (Å²) in [6.07, 6.45) is 1.95. The molecule has 1 heterocycles. The molecule has 0 aliphatic carbocycles. The van der Waals surface area contributed by atoms with Crippen LogP contribution in [-0.4, -0.2) is 19.6 Å². The van der Waals surface area contributed by atoms with Gasteiger partial charge in [-0.2, -0.15) is 0 Å². The van der Waals surface area contributed by atoms with Crippen LogP contribution in [0.3, 0.4) is 0 Å². The number of aryl methyl sites for hydroxylation is 1. The number of carbonyl (C=O) groups excluding carboxylic acids is 1. The first kappa shape index (κ1) is 14.6. The molecule has 0 fully saturated rings. The molecule has 3 nitrogen and oxygen atoms in total. The number of esters is 1. The number of fused-ring (bicyclic) bond motifs is 1. The lowest BCUT2D eigenvalue weighted by Crippen LogP contribution is -2.28. The van der Waals surface area contributed by atoms with Crippen molar-refractivity contribution in [3.05, 3.63) is 65.0 Å². The SMILES string of the molecule is COC(=O)c1ccc(CN2CCCc3cc(F)ccc32)cc1. The van der Waals surface area contributed by atoms with E-state index >= 15 is 0 Å². The smallest absolute Gasteiger partial charge is 0.337 e. The van der Waals surface area contributed by atoms with Crippen LogP contribution in [0.2, 0.25) is 0 Å². The van der Waals surface area contributed by atoms with E-state index in [1.807, 2.05) is 18.2 Å². The first-order valence-electron chi connectivity index (χ1n) is 7.38. The number of ether oxygens (including phenoxy) is 1. The van der Waals surface area contributed by atoms with Crippen molar-refractivity contribution in [2.75, 3.05) is 18.6 Å². The highest BCUT2D eigenvalue weighted by molar-refractivity contribution is 5.89. The van der Waals surface area contributed by atoms with Crippen molar-refractivity contribution < 1.29 is 13.9 Å². The number of halogens is 1. The van der Waals surface area contributed by atoms with Crippen LogP contribution in [0.5, 0.6) is 0 Å². The molecule has 0 radical (unpaired) electrons. The molecule has 0 aromatic heterocycles. The standard InChI is InChI=1S/C18H18FNO2/c1-22-18(21)14-6-4-13(5-7-14)12-20-10-2-3-15-11-16(19)8-9-17(15)20/h4-9,11H,2-3,10,12H2,1H3. The van der Waals surface area contributed by atoms with Gasteiger partial charge in [-0.25, -0.2) is 9.18 Å². The molecule has 0 unspecified atom stereocenters. The zero-order valence-corrected chi connectivity index (χ0v) is 12.5. The number of nitrogens with zero attached hydrogens (tertiary/aromatic N) is 1. The molecule has 2 aromatic carbocycles. The lowest BCUT2D eigenvalue weighted by Gasteiger charge is -2.31. The third-order valence-corrected chi connectivity index (χ3v) is 4.00. The fourth-order valence-electron chi connectivity index (χ4n) is 2.89. The Kier molecular flexibility index (Phi) is 4.09. The van der Waals surface area contributed by atoms with Gasteiger partial charge in [0.1, 0.15) is 5.82 Å². The van der Waals surface area contributed by atoms with Crippen LogP contribution in [0, 0.1) is 5.82 Å². The Balaban J connectivity index is 1.78. The van der Waals surface area contributed by atoms with Gasteiger partial charge >= 0.3 is 5.97 Å². The number of hydrogen-bond donors (Lipinski definition) is 0. The predicted molar refractivity (Wildman–Crippen MR) is 83.6 cm³/mol. The van der Waals surface area contributed by atoms with Crippen molar-refractivity contribution >= 4 is 11.7 Å². The number of hydrogen-bond acceptors (Lipinski definition) is 3. The van der Waals surface area contributed by atoms with Gasteiger partial charge in [0, 0.05) is 18.8 Å². The minimum atomic E-state index is -0.328. The van der Waals surface area contributed by atoms with Crippen LogP contribution >= 0.6 is 0 Å². The molecule has 114 valence electrons. The molecule has 2 aromatic rings. The molecule has 0 spiro atoms. The summed E-state index contributed by atoms with van der Waals surface area (Å²) in [4.78, 5) is 13.7. The van der Waals surface area contributed by atoms with E-state index in [-0.39, 0.29) is 11.8 Å². The molecule has 22 heavy (non-hydrogen) atoms. The molecule has 3 rings (SSSR count). The van der Waals surface area contributed by atoms with E-state index in [1.165, 1.54) is 13.2 Å². The minimum Gasteiger partial charge on any atom is -0.465 e. The van der Waals surface area contributed by atoms with Gasteiger partial charge < -0.3 is 9.64 Å². The van der Waals surface area contributed by atoms with Gasteiger partial charge in [-0.05, 0) is 54.3 Å². The summed E-state index contributed by atoms with van der Waals surface area (Å²) < 4.78 is 18.0. The highest BCUT2D eigenvalue weighted by Gasteiger charge is 2.17. The Bertz CT molecular complexity index is 682. The molecule has 0 amide bonds. The summed E-state index contributed by atoms with van der Waals surface area (Å²) in [6, 6.07) is 12.4. The molecule has 1 aliphatic heterocycles. The topological polar surface area (TPSA) is 29.5 Å². The zero-order chi connectivity index (χ0) is 15.5. The lowest BCUT2D eigenvalue weighted by molar-refractivity contribution is 0.0600. The fraction of sp³-hybridized carbons (Fsp3) is 0.278. The molecular weight excluding hydrogens is 281 g/mol. The Hall–Kier alpha value is -2.36. The van der Waals surface area contributed by atoms with E-state index in [0.717, 1.165) is 42.7 Å². The maximum Gasteiger partial charge on any atom is 0.337 e. The summed E-state index contributed by atoms with van der Waals surface area (Å²) in [6.45, 7) is 1.71. The largest absolute Gasteiger partial charge is 0.465 e. The third-order valence-electron chi connectivity index (χ3n) is 4.00. The molecule has 0 saturated carbocycles. The number of rotatable bonds is 3. The first-order valence-corrected chi connectivity index (χ1v) is 7.38. The quantitative estimate of drug-likeness (QED) is 0.812. The monoisotopic (exact) mass is 299 g/mol. The maximum absolute atomic E-state index is 13.3. The molecule has 0 saturated heterocycles. The second-order valence-corrected chi connectivity index (χ2v) is 5.49. The van der Waals surface area contributed by atoms with E-state index in [1.54, 1.807) is 18.2 Å². The fourth-order valence-corrected chi connectivity index (χ4v) is 2.89. The summed E-state index contributed by atoms with van der Waals surface area (Å²) in [5.41, 5.74) is 3.83. The van der Waals surface area contributed by atoms with Gasteiger partial charge in [0.15, 0.2) is 0 Å². The van der Waals surface area contributed by atoms with Gasteiger partial charge in [-0.1, -0.05) is 12.1 Å². The molecule has 4 heteroatoms. The van der Waals surface area contributed by atoms with Crippen molar-refractivity contribution in [3.8, 4) is 0 Å². The van der Waals surface area contributed by atoms with Gasteiger partial charge in [0.05, 0.1) is 12.7 Å². The van der Waals surface area contributed by atoms with Crippen LogP contribution in [0.25, 0.3) is 0 Å². The van der Waals surface area contributed by atoms with Crippen molar-refractivity contribution in [3.63, 3.8) is 0 Å². The van der Waals surface area contributed by atoms with Crippen molar-refractivity contribution in [1.82, 2.24) is 0 Å². The number of benzene rings is 2. The van der Waals surface area contributed by atoms with Crippen molar-refractivity contribution in [1.29, 1.82) is 0 Å². The molecule has 0 N–H and O–H groups in total. The number of carbonyl (C=O) groups is 1. The van der Waals surface area contributed by atoms with E-state index in [0.29, 0.717) is 5.56 Å². The first-order chi connectivity index (χ1) is 10.7. The van der Waals surface area contributed by atoms with Crippen molar-refractivity contribution in [2.24, 2.45) is 0 Å². The van der Waals surface area contributed by atoms with Crippen LogP contribution in [-0.2, 0) is 17.7 Å². The summed E-state index contributed by atoms with van der Waals surface area (Å²) in [7, 11) is 1.38. The molecule has 0 bridgehead atoms. The van der Waals surface area contributed by atoms with E-state index in [4.69, 9.17) is 4.74 Å². The summed E-state index contributed by atoms with van der Waals surface area (Å²) in [5.74, 6) is -0.506. The maximum atomic E-state index is 13.3. The summed E-state index contributed by atoms with van der Waals surface area (Å²) in [5, 5.41) is 0. The predicted octanol–water partition coefficient (Wildman–Crippen LogP) is 3.57. The van der Waals surface area contributed by atoms with Crippen LogP contribution in [0.15, 0.2) is 42.5 Å². The molecule has 0 atom stereocenters.